The molecule has 1 atom stereocenters. The lowest BCUT2D eigenvalue weighted by Gasteiger charge is -2.31. The number of ether oxygens (including phenoxy) is 1. The van der Waals surface area contributed by atoms with Crippen molar-refractivity contribution in [3.8, 4) is 0 Å². The number of carbonyl (C=O) groups excluding carboxylic acids is 2. The molecule has 0 radical (unpaired) electrons. The van der Waals surface area contributed by atoms with E-state index in [2.05, 4.69) is 5.32 Å². The predicted octanol–water partition coefficient (Wildman–Crippen LogP) is 2.35. The standard InChI is InChI=1S/C17H20F4N2O3/c1-26-7-6-23-10-12(3-5-15(23)24)16(25)22-9-11-2-4-13(8-14(11)18)17(19,20)21/h2,4,8,12H,3,5-7,9-10H2,1H3,(H,22,25). The van der Waals surface area contributed by atoms with E-state index >= 15 is 0 Å². The Balaban J connectivity index is 1.93. The molecule has 1 unspecified atom stereocenters. The highest BCUT2D eigenvalue weighted by molar-refractivity contribution is 5.83. The van der Waals surface area contributed by atoms with Crippen LogP contribution in [0.25, 0.3) is 0 Å². The number of benzene rings is 1. The highest BCUT2D eigenvalue weighted by Crippen LogP contribution is 2.30. The molecule has 0 spiro atoms. The van der Waals surface area contributed by atoms with Gasteiger partial charge in [-0.25, -0.2) is 4.39 Å². The van der Waals surface area contributed by atoms with Crippen molar-refractivity contribution in [1.82, 2.24) is 10.2 Å². The van der Waals surface area contributed by atoms with Crippen molar-refractivity contribution in [1.29, 1.82) is 0 Å². The van der Waals surface area contributed by atoms with E-state index < -0.39 is 23.5 Å². The topological polar surface area (TPSA) is 58.6 Å². The molecule has 26 heavy (non-hydrogen) atoms. The number of piperidine rings is 1. The van der Waals surface area contributed by atoms with Crippen LogP contribution in [0.5, 0.6) is 0 Å². The van der Waals surface area contributed by atoms with Gasteiger partial charge in [-0.1, -0.05) is 6.07 Å². The van der Waals surface area contributed by atoms with Gasteiger partial charge in [0.15, 0.2) is 0 Å². The fourth-order valence-corrected chi connectivity index (χ4v) is 2.74. The number of halogens is 4. The Hall–Kier alpha value is -2.16. The molecule has 2 rings (SSSR count). The van der Waals surface area contributed by atoms with Crippen LogP contribution in [0.4, 0.5) is 17.6 Å². The summed E-state index contributed by atoms with van der Waals surface area (Å²) < 4.78 is 56.3. The molecule has 1 heterocycles. The van der Waals surface area contributed by atoms with E-state index in [1.54, 1.807) is 0 Å². The predicted molar refractivity (Wildman–Crippen MR) is 84.4 cm³/mol. The van der Waals surface area contributed by atoms with Crippen LogP contribution in [0, 0.1) is 11.7 Å². The molecule has 1 aliphatic heterocycles. The molecule has 1 aromatic carbocycles. The van der Waals surface area contributed by atoms with Gasteiger partial charge in [0.25, 0.3) is 0 Å². The van der Waals surface area contributed by atoms with Crippen LogP contribution in [0.1, 0.15) is 24.0 Å². The number of likely N-dealkylation sites (tertiary alicyclic amines) is 1. The Morgan fingerprint density at radius 2 is 2.12 bits per heavy atom. The maximum Gasteiger partial charge on any atom is 0.416 e. The largest absolute Gasteiger partial charge is 0.416 e. The second-order valence-electron chi connectivity index (χ2n) is 6.09. The smallest absolute Gasteiger partial charge is 0.383 e. The van der Waals surface area contributed by atoms with Crippen LogP contribution < -0.4 is 5.32 Å². The summed E-state index contributed by atoms with van der Waals surface area (Å²) in [6.07, 6.45) is -4.01. The zero-order chi connectivity index (χ0) is 19.3. The maximum absolute atomic E-state index is 13.8. The van der Waals surface area contributed by atoms with Gasteiger partial charge >= 0.3 is 6.18 Å². The van der Waals surface area contributed by atoms with Gasteiger partial charge in [0, 0.05) is 38.7 Å². The molecule has 9 heteroatoms. The molecular formula is C17H20F4N2O3. The maximum atomic E-state index is 13.8. The van der Waals surface area contributed by atoms with Crippen molar-refractivity contribution in [2.75, 3.05) is 26.8 Å². The lowest BCUT2D eigenvalue weighted by Crippen LogP contribution is -2.46. The lowest BCUT2D eigenvalue weighted by atomic mass is 9.96. The minimum absolute atomic E-state index is 0.0329. The van der Waals surface area contributed by atoms with E-state index in [9.17, 15) is 27.2 Å². The third kappa shape index (κ3) is 5.17. The first-order chi connectivity index (χ1) is 12.2. The molecule has 1 aromatic rings. The van der Waals surface area contributed by atoms with Crippen LogP contribution in [-0.2, 0) is 27.0 Å². The molecule has 0 aliphatic carbocycles. The van der Waals surface area contributed by atoms with Crippen molar-refractivity contribution in [3.05, 3.63) is 35.1 Å². The van der Waals surface area contributed by atoms with Crippen molar-refractivity contribution in [2.24, 2.45) is 5.92 Å². The number of alkyl halides is 3. The Kier molecular flexibility index (Phi) is 6.57. The van der Waals surface area contributed by atoms with Crippen molar-refractivity contribution in [3.63, 3.8) is 0 Å². The fraction of sp³-hybridized carbons (Fsp3) is 0.529. The van der Waals surface area contributed by atoms with E-state index in [4.69, 9.17) is 4.74 Å². The Labute approximate surface area is 148 Å². The Morgan fingerprint density at radius 3 is 2.73 bits per heavy atom. The molecule has 1 saturated heterocycles. The van der Waals surface area contributed by atoms with E-state index in [0.29, 0.717) is 25.6 Å². The van der Waals surface area contributed by atoms with Crippen LogP contribution in [0.3, 0.4) is 0 Å². The number of hydrogen-bond donors (Lipinski definition) is 1. The third-order valence-corrected chi connectivity index (χ3v) is 4.27. The summed E-state index contributed by atoms with van der Waals surface area (Å²) in [5.74, 6) is -1.89. The van der Waals surface area contributed by atoms with Crippen LogP contribution >= 0.6 is 0 Å². The highest BCUT2D eigenvalue weighted by Gasteiger charge is 2.32. The molecule has 1 aliphatic rings. The van der Waals surface area contributed by atoms with Gasteiger partial charge in [0.05, 0.1) is 18.1 Å². The summed E-state index contributed by atoms with van der Waals surface area (Å²) in [7, 11) is 1.51. The van der Waals surface area contributed by atoms with Gasteiger partial charge in [0.2, 0.25) is 11.8 Å². The number of nitrogens with zero attached hydrogens (tertiary/aromatic N) is 1. The van der Waals surface area contributed by atoms with Crippen molar-refractivity contribution < 1.29 is 31.9 Å². The number of carbonyl (C=O) groups is 2. The number of rotatable bonds is 6. The first-order valence-electron chi connectivity index (χ1n) is 8.12. The van der Waals surface area contributed by atoms with Crippen LogP contribution in [-0.4, -0.2) is 43.5 Å². The summed E-state index contributed by atoms with van der Waals surface area (Å²) in [4.78, 5) is 25.6. The van der Waals surface area contributed by atoms with E-state index in [0.717, 1.165) is 12.1 Å². The van der Waals surface area contributed by atoms with E-state index in [-0.39, 0.29) is 36.9 Å². The zero-order valence-corrected chi connectivity index (χ0v) is 14.2. The number of methoxy groups -OCH3 is 1. The van der Waals surface area contributed by atoms with Gasteiger partial charge in [-0.05, 0) is 18.6 Å². The zero-order valence-electron chi connectivity index (χ0n) is 14.2. The molecule has 1 fully saturated rings. The Morgan fingerprint density at radius 1 is 1.38 bits per heavy atom. The monoisotopic (exact) mass is 376 g/mol. The average molecular weight is 376 g/mol. The molecule has 0 saturated carbocycles. The molecule has 0 bridgehead atoms. The highest BCUT2D eigenvalue weighted by atomic mass is 19.4. The minimum atomic E-state index is -4.62. The van der Waals surface area contributed by atoms with Gasteiger partial charge in [-0.15, -0.1) is 0 Å². The number of nitrogens with one attached hydrogen (secondary N) is 1. The molecule has 5 nitrogen and oxygen atoms in total. The molecule has 144 valence electrons. The molecule has 1 N–H and O–H groups in total. The number of amides is 2. The number of hydrogen-bond acceptors (Lipinski definition) is 3. The molecular weight excluding hydrogens is 356 g/mol. The molecule has 0 aromatic heterocycles. The Bertz CT molecular complexity index is 664. The average Bonchev–Trinajstić information content (AvgIpc) is 2.58. The van der Waals surface area contributed by atoms with E-state index in [1.807, 2.05) is 0 Å². The second kappa shape index (κ2) is 8.48. The summed E-state index contributed by atoms with van der Waals surface area (Å²) in [6.45, 7) is 0.762. The van der Waals surface area contributed by atoms with Crippen molar-refractivity contribution >= 4 is 11.8 Å². The third-order valence-electron chi connectivity index (χ3n) is 4.27. The van der Waals surface area contributed by atoms with Crippen LogP contribution in [0.2, 0.25) is 0 Å². The quantitative estimate of drug-likeness (QED) is 0.776. The summed E-state index contributed by atoms with van der Waals surface area (Å²) in [5.41, 5.74) is -1.11. The second-order valence-corrected chi connectivity index (χ2v) is 6.09. The van der Waals surface area contributed by atoms with Crippen LogP contribution in [0.15, 0.2) is 18.2 Å². The van der Waals surface area contributed by atoms with Gasteiger partial charge in [-0.3, -0.25) is 9.59 Å². The lowest BCUT2D eigenvalue weighted by molar-refractivity contribution is -0.139. The summed E-state index contributed by atoms with van der Waals surface area (Å²) >= 11 is 0. The van der Waals surface area contributed by atoms with Gasteiger partial charge in [-0.2, -0.15) is 13.2 Å². The fourth-order valence-electron chi connectivity index (χ4n) is 2.74. The first-order valence-corrected chi connectivity index (χ1v) is 8.12. The van der Waals surface area contributed by atoms with E-state index in [1.165, 1.54) is 12.0 Å². The summed E-state index contributed by atoms with van der Waals surface area (Å²) in [5, 5.41) is 2.53. The SMILES string of the molecule is COCCN1CC(C(=O)NCc2ccc(C(F)(F)F)cc2F)CCC1=O. The normalized spacial score (nSPS) is 18.1. The minimum Gasteiger partial charge on any atom is -0.383 e. The van der Waals surface area contributed by atoms with Gasteiger partial charge < -0.3 is 15.0 Å². The summed E-state index contributed by atoms with van der Waals surface area (Å²) in [6, 6.07) is 2.19. The van der Waals surface area contributed by atoms with Crippen molar-refractivity contribution in [2.45, 2.75) is 25.6 Å². The van der Waals surface area contributed by atoms with Gasteiger partial charge in [0.1, 0.15) is 5.82 Å². The molecule has 2 amide bonds. The first kappa shape index (κ1) is 20.2.